The van der Waals surface area contributed by atoms with E-state index in [1.165, 1.54) is 5.56 Å². The summed E-state index contributed by atoms with van der Waals surface area (Å²) in [5.41, 5.74) is 1.20. The molecule has 5 nitrogen and oxygen atoms in total. The van der Waals surface area contributed by atoms with Crippen molar-refractivity contribution in [3.8, 4) is 5.75 Å². The highest BCUT2D eigenvalue weighted by Gasteiger charge is 2.16. The number of likely N-dealkylation sites (N-methyl/N-ethyl adjacent to an activating group) is 1. The number of ether oxygens (including phenoxy) is 2. The summed E-state index contributed by atoms with van der Waals surface area (Å²) in [6, 6.07) is 8.05. The largest absolute Gasteiger partial charge is 0.494 e. The smallest absolute Gasteiger partial charge is 0.248 e. The molecular formula is C18H28N2O3. The summed E-state index contributed by atoms with van der Waals surface area (Å²) in [4.78, 5) is 13.9. The van der Waals surface area contributed by atoms with E-state index in [4.69, 9.17) is 9.47 Å². The molecule has 5 heteroatoms. The van der Waals surface area contributed by atoms with Gasteiger partial charge in [0.05, 0.1) is 12.7 Å². The number of nitrogens with one attached hydrogen (secondary N) is 1. The Balaban J connectivity index is 1.68. The molecule has 0 bridgehead atoms. The summed E-state index contributed by atoms with van der Waals surface area (Å²) < 4.78 is 11.1. The Morgan fingerprint density at radius 1 is 1.26 bits per heavy atom. The molecule has 1 N–H and O–H groups in total. The van der Waals surface area contributed by atoms with Gasteiger partial charge in [0.15, 0.2) is 0 Å². The van der Waals surface area contributed by atoms with E-state index in [-0.39, 0.29) is 18.6 Å². The van der Waals surface area contributed by atoms with Gasteiger partial charge in [0.2, 0.25) is 5.91 Å². The molecule has 0 atom stereocenters. The van der Waals surface area contributed by atoms with Crippen LogP contribution < -0.4 is 10.1 Å². The van der Waals surface area contributed by atoms with E-state index in [2.05, 4.69) is 17.4 Å². The lowest BCUT2D eigenvalue weighted by Gasteiger charge is -2.24. The van der Waals surface area contributed by atoms with Crippen molar-refractivity contribution >= 4 is 5.91 Å². The maximum absolute atomic E-state index is 12.1. The maximum Gasteiger partial charge on any atom is 0.248 e. The lowest BCUT2D eigenvalue weighted by atomic mass is 10.1. The van der Waals surface area contributed by atoms with Crippen molar-refractivity contribution in [3.63, 3.8) is 0 Å². The first-order chi connectivity index (χ1) is 11.2. The SMILES string of the molecule is CCOc1ccc(CCN(C)C(=O)COC2CCNCC2)cc1. The summed E-state index contributed by atoms with van der Waals surface area (Å²) in [5, 5.41) is 3.29. The molecule has 1 amide bonds. The molecule has 0 aliphatic carbocycles. The lowest BCUT2D eigenvalue weighted by molar-refractivity contribution is -0.137. The van der Waals surface area contributed by atoms with Crippen molar-refractivity contribution in [2.45, 2.75) is 32.3 Å². The van der Waals surface area contributed by atoms with E-state index in [0.29, 0.717) is 13.2 Å². The van der Waals surface area contributed by atoms with Crippen molar-refractivity contribution in [1.29, 1.82) is 0 Å². The van der Waals surface area contributed by atoms with Crippen molar-refractivity contribution < 1.29 is 14.3 Å². The minimum absolute atomic E-state index is 0.0504. The molecule has 0 unspecified atom stereocenters. The second-order valence-corrected chi connectivity index (χ2v) is 5.90. The molecule has 1 aliphatic heterocycles. The van der Waals surface area contributed by atoms with Gasteiger partial charge in [0.1, 0.15) is 12.4 Å². The minimum Gasteiger partial charge on any atom is -0.494 e. The highest BCUT2D eigenvalue weighted by molar-refractivity contribution is 5.77. The van der Waals surface area contributed by atoms with Gasteiger partial charge >= 0.3 is 0 Å². The van der Waals surface area contributed by atoms with E-state index < -0.39 is 0 Å². The molecular weight excluding hydrogens is 292 g/mol. The fourth-order valence-electron chi connectivity index (χ4n) is 2.60. The number of hydrogen-bond acceptors (Lipinski definition) is 4. The van der Waals surface area contributed by atoms with E-state index >= 15 is 0 Å². The average molecular weight is 320 g/mol. The third-order valence-electron chi connectivity index (χ3n) is 4.12. The maximum atomic E-state index is 12.1. The molecule has 0 spiro atoms. The molecule has 1 saturated heterocycles. The van der Waals surface area contributed by atoms with Crippen LogP contribution in [-0.2, 0) is 16.0 Å². The van der Waals surface area contributed by atoms with Crippen molar-refractivity contribution in [2.24, 2.45) is 0 Å². The summed E-state index contributed by atoms with van der Waals surface area (Å²) in [6.07, 6.45) is 3.04. The monoisotopic (exact) mass is 320 g/mol. The van der Waals surface area contributed by atoms with Crippen molar-refractivity contribution in [1.82, 2.24) is 10.2 Å². The Labute approximate surface area is 139 Å². The Morgan fingerprint density at radius 2 is 1.96 bits per heavy atom. The number of rotatable bonds is 8. The third-order valence-corrected chi connectivity index (χ3v) is 4.12. The van der Waals surface area contributed by atoms with E-state index in [9.17, 15) is 4.79 Å². The minimum atomic E-state index is 0.0504. The van der Waals surface area contributed by atoms with Gasteiger partial charge < -0.3 is 19.7 Å². The number of amides is 1. The average Bonchev–Trinajstić information content (AvgIpc) is 2.60. The van der Waals surface area contributed by atoms with Gasteiger partial charge in [0.25, 0.3) is 0 Å². The fourth-order valence-corrected chi connectivity index (χ4v) is 2.60. The van der Waals surface area contributed by atoms with Crippen LogP contribution in [0.4, 0.5) is 0 Å². The zero-order chi connectivity index (χ0) is 16.5. The quantitative estimate of drug-likeness (QED) is 0.794. The Hall–Kier alpha value is -1.59. The molecule has 128 valence electrons. The number of nitrogens with zero attached hydrogens (tertiary/aromatic N) is 1. The summed E-state index contributed by atoms with van der Waals surface area (Å²) >= 11 is 0. The fraction of sp³-hybridized carbons (Fsp3) is 0.611. The predicted molar refractivity (Wildman–Crippen MR) is 90.8 cm³/mol. The van der Waals surface area contributed by atoms with Gasteiger partial charge in [-0.2, -0.15) is 0 Å². The molecule has 1 heterocycles. The number of hydrogen-bond donors (Lipinski definition) is 1. The lowest BCUT2D eigenvalue weighted by Crippen LogP contribution is -2.37. The van der Waals surface area contributed by atoms with Crippen molar-refractivity contribution in [3.05, 3.63) is 29.8 Å². The normalized spacial score (nSPS) is 15.4. The van der Waals surface area contributed by atoms with Crippen LogP contribution in [0.25, 0.3) is 0 Å². The second kappa shape index (κ2) is 9.53. The highest BCUT2D eigenvalue weighted by Crippen LogP contribution is 2.13. The zero-order valence-corrected chi connectivity index (χ0v) is 14.2. The Bertz CT molecular complexity index is 470. The van der Waals surface area contributed by atoms with Gasteiger partial charge in [0, 0.05) is 13.6 Å². The number of benzene rings is 1. The number of piperidine rings is 1. The molecule has 1 fully saturated rings. The first kappa shape index (κ1) is 17.8. The molecule has 1 aromatic rings. The topological polar surface area (TPSA) is 50.8 Å². The standard InChI is InChI=1S/C18H28N2O3/c1-3-22-16-6-4-15(5-7-16)10-13-20(2)18(21)14-23-17-8-11-19-12-9-17/h4-7,17,19H,3,8-14H2,1-2H3. The molecule has 0 radical (unpaired) electrons. The molecule has 2 rings (SSSR count). The predicted octanol–water partition coefficient (Wildman–Crippen LogP) is 1.85. The van der Waals surface area contributed by atoms with E-state index in [0.717, 1.165) is 38.1 Å². The molecule has 1 aromatic carbocycles. The summed E-state index contributed by atoms with van der Waals surface area (Å²) in [7, 11) is 1.84. The highest BCUT2D eigenvalue weighted by atomic mass is 16.5. The van der Waals surface area contributed by atoms with Gasteiger partial charge in [-0.3, -0.25) is 4.79 Å². The molecule has 0 aromatic heterocycles. The number of carbonyl (C=O) groups is 1. The summed E-state index contributed by atoms with van der Waals surface area (Å²) in [6.45, 7) is 5.49. The van der Waals surface area contributed by atoms with Crippen LogP contribution in [-0.4, -0.2) is 56.8 Å². The van der Waals surface area contributed by atoms with Crippen LogP contribution >= 0.6 is 0 Å². The van der Waals surface area contributed by atoms with Gasteiger partial charge in [-0.05, 0) is 57.0 Å². The second-order valence-electron chi connectivity index (χ2n) is 5.90. The first-order valence-electron chi connectivity index (χ1n) is 8.47. The van der Waals surface area contributed by atoms with Gasteiger partial charge in [-0.1, -0.05) is 12.1 Å². The van der Waals surface area contributed by atoms with Gasteiger partial charge in [-0.25, -0.2) is 0 Å². The first-order valence-corrected chi connectivity index (χ1v) is 8.47. The van der Waals surface area contributed by atoms with Crippen LogP contribution in [0, 0.1) is 0 Å². The number of carbonyl (C=O) groups excluding carboxylic acids is 1. The molecule has 0 saturated carbocycles. The Morgan fingerprint density at radius 3 is 2.61 bits per heavy atom. The van der Waals surface area contributed by atoms with Crippen LogP contribution in [0.2, 0.25) is 0 Å². The van der Waals surface area contributed by atoms with Crippen LogP contribution in [0.5, 0.6) is 5.75 Å². The van der Waals surface area contributed by atoms with Crippen LogP contribution in [0.1, 0.15) is 25.3 Å². The van der Waals surface area contributed by atoms with Crippen LogP contribution in [0.3, 0.4) is 0 Å². The van der Waals surface area contributed by atoms with Crippen LogP contribution in [0.15, 0.2) is 24.3 Å². The van der Waals surface area contributed by atoms with Gasteiger partial charge in [-0.15, -0.1) is 0 Å². The molecule has 1 aliphatic rings. The zero-order valence-electron chi connectivity index (χ0n) is 14.2. The molecule has 23 heavy (non-hydrogen) atoms. The third kappa shape index (κ3) is 6.20. The Kier molecular flexibility index (Phi) is 7.36. The van der Waals surface area contributed by atoms with E-state index in [1.807, 2.05) is 26.1 Å². The summed E-state index contributed by atoms with van der Waals surface area (Å²) in [5.74, 6) is 0.936. The van der Waals surface area contributed by atoms with E-state index in [1.54, 1.807) is 4.90 Å². The van der Waals surface area contributed by atoms with Crippen molar-refractivity contribution in [2.75, 3.05) is 39.9 Å².